The van der Waals surface area contributed by atoms with Gasteiger partial charge in [-0.3, -0.25) is 4.90 Å². The number of ether oxygens (including phenoxy) is 1. The molecule has 0 saturated carbocycles. The van der Waals surface area contributed by atoms with E-state index < -0.39 is 0 Å². The molecule has 0 amide bonds. The van der Waals surface area contributed by atoms with Crippen molar-refractivity contribution < 1.29 is 4.74 Å². The summed E-state index contributed by atoms with van der Waals surface area (Å²) in [5.41, 5.74) is 2.11. The Hall–Kier alpha value is -2.39. The lowest BCUT2D eigenvalue weighted by atomic mass is 10.0. The van der Waals surface area contributed by atoms with Crippen molar-refractivity contribution in [1.82, 2.24) is 9.88 Å². The predicted octanol–water partition coefficient (Wildman–Crippen LogP) is 3.60. The molecule has 22 heavy (non-hydrogen) atoms. The Morgan fingerprint density at radius 3 is 2.55 bits per heavy atom. The van der Waals surface area contributed by atoms with Crippen LogP contribution in [0.2, 0.25) is 0 Å². The van der Waals surface area contributed by atoms with Gasteiger partial charge in [0.05, 0.1) is 5.69 Å². The van der Waals surface area contributed by atoms with Crippen LogP contribution in [0.25, 0.3) is 22.0 Å². The summed E-state index contributed by atoms with van der Waals surface area (Å²) in [6.07, 6.45) is 0. The van der Waals surface area contributed by atoms with E-state index in [0.717, 1.165) is 28.6 Å². The highest BCUT2D eigenvalue weighted by Gasteiger charge is 2.16. The van der Waals surface area contributed by atoms with E-state index in [9.17, 15) is 0 Å². The van der Waals surface area contributed by atoms with Gasteiger partial charge in [-0.25, -0.2) is 4.98 Å². The lowest BCUT2D eigenvalue weighted by Gasteiger charge is -2.11. The Balaban J connectivity index is 1.72. The van der Waals surface area contributed by atoms with Crippen molar-refractivity contribution in [2.45, 2.75) is 0 Å². The molecular weight excluding hydrogens is 272 g/mol. The van der Waals surface area contributed by atoms with Crippen LogP contribution in [0.3, 0.4) is 0 Å². The molecule has 3 heteroatoms. The molecule has 3 aromatic rings. The van der Waals surface area contributed by atoms with Crippen LogP contribution in [0.1, 0.15) is 0 Å². The van der Waals surface area contributed by atoms with Gasteiger partial charge in [0.25, 0.3) is 0 Å². The van der Waals surface area contributed by atoms with E-state index in [4.69, 9.17) is 9.72 Å². The number of pyridine rings is 1. The summed E-state index contributed by atoms with van der Waals surface area (Å²) >= 11 is 0. The first kappa shape index (κ1) is 13.3. The monoisotopic (exact) mass is 290 g/mol. The van der Waals surface area contributed by atoms with E-state index in [1.807, 2.05) is 24.3 Å². The Morgan fingerprint density at radius 1 is 0.955 bits per heavy atom. The van der Waals surface area contributed by atoms with Crippen molar-refractivity contribution in [2.75, 3.05) is 26.2 Å². The van der Waals surface area contributed by atoms with Crippen LogP contribution in [0.15, 0.2) is 60.7 Å². The molecule has 0 spiro atoms. The van der Waals surface area contributed by atoms with Gasteiger partial charge in [-0.1, -0.05) is 54.6 Å². The Labute approximate surface area is 130 Å². The lowest BCUT2D eigenvalue weighted by molar-refractivity contribution is 0.282. The van der Waals surface area contributed by atoms with Crippen molar-refractivity contribution in [3.8, 4) is 17.1 Å². The van der Waals surface area contributed by atoms with Gasteiger partial charge in [0.2, 0.25) is 5.88 Å². The zero-order chi connectivity index (χ0) is 14.8. The maximum absolute atomic E-state index is 5.87. The summed E-state index contributed by atoms with van der Waals surface area (Å²) in [7, 11) is 0. The van der Waals surface area contributed by atoms with Crippen molar-refractivity contribution in [1.29, 1.82) is 0 Å². The van der Waals surface area contributed by atoms with Gasteiger partial charge in [0, 0.05) is 36.7 Å². The standard InChI is InChI=1S/C19H18N2O/c1-2-6-15(7-3-1)19-17-9-5-4-8-16(17)14-18(20-19)22-13-12-21-10-11-21/h1-9,14H,10-13H2. The molecule has 0 unspecified atom stereocenters. The number of nitrogens with zero attached hydrogens (tertiary/aromatic N) is 2. The molecule has 1 fully saturated rings. The summed E-state index contributed by atoms with van der Waals surface area (Å²) in [5.74, 6) is 0.708. The average molecular weight is 290 g/mol. The minimum absolute atomic E-state index is 0.694. The zero-order valence-corrected chi connectivity index (χ0v) is 12.4. The van der Waals surface area contributed by atoms with Crippen molar-refractivity contribution in [3.05, 3.63) is 60.7 Å². The molecule has 1 aliphatic rings. The maximum Gasteiger partial charge on any atom is 0.214 e. The average Bonchev–Trinajstić information content (AvgIpc) is 3.39. The molecular formula is C19H18N2O. The molecule has 0 atom stereocenters. The Morgan fingerprint density at radius 2 is 1.73 bits per heavy atom. The van der Waals surface area contributed by atoms with Crippen molar-refractivity contribution in [3.63, 3.8) is 0 Å². The fourth-order valence-corrected chi connectivity index (χ4v) is 2.64. The summed E-state index contributed by atoms with van der Waals surface area (Å²) in [6.45, 7) is 4.07. The zero-order valence-electron chi connectivity index (χ0n) is 12.4. The number of aromatic nitrogens is 1. The SMILES string of the molecule is c1ccc(-c2nc(OCCN3CC3)cc3ccccc23)cc1. The van der Waals surface area contributed by atoms with E-state index in [1.54, 1.807) is 0 Å². The molecule has 1 saturated heterocycles. The third kappa shape index (κ3) is 2.81. The molecule has 3 nitrogen and oxygen atoms in total. The van der Waals surface area contributed by atoms with Crippen LogP contribution < -0.4 is 4.74 Å². The predicted molar refractivity (Wildman–Crippen MR) is 89.1 cm³/mol. The fourth-order valence-electron chi connectivity index (χ4n) is 2.64. The Bertz CT molecular complexity index is 782. The van der Waals surface area contributed by atoms with Gasteiger partial charge >= 0.3 is 0 Å². The molecule has 4 rings (SSSR count). The minimum Gasteiger partial charge on any atom is -0.476 e. The second-order valence-corrected chi connectivity index (χ2v) is 5.59. The molecule has 0 bridgehead atoms. The first-order valence-electron chi connectivity index (χ1n) is 7.70. The molecule has 1 aromatic heterocycles. The number of hydrogen-bond donors (Lipinski definition) is 0. The van der Waals surface area contributed by atoms with Gasteiger partial charge in [-0.15, -0.1) is 0 Å². The minimum atomic E-state index is 0.694. The summed E-state index contributed by atoms with van der Waals surface area (Å²) in [4.78, 5) is 7.09. The number of rotatable bonds is 5. The highest BCUT2D eigenvalue weighted by molar-refractivity contribution is 5.95. The van der Waals surface area contributed by atoms with Gasteiger partial charge in [0.15, 0.2) is 0 Å². The third-order valence-corrected chi connectivity index (χ3v) is 3.96. The van der Waals surface area contributed by atoms with Crippen molar-refractivity contribution in [2.24, 2.45) is 0 Å². The first-order valence-corrected chi connectivity index (χ1v) is 7.70. The van der Waals surface area contributed by atoms with E-state index in [-0.39, 0.29) is 0 Å². The summed E-state index contributed by atoms with van der Waals surface area (Å²) in [6, 6.07) is 20.7. The summed E-state index contributed by atoms with van der Waals surface area (Å²) in [5, 5.41) is 2.32. The number of fused-ring (bicyclic) bond motifs is 1. The fraction of sp³-hybridized carbons (Fsp3) is 0.211. The van der Waals surface area contributed by atoms with Crippen LogP contribution in [0.5, 0.6) is 5.88 Å². The summed E-state index contributed by atoms with van der Waals surface area (Å²) < 4.78 is 5.87. The normalized spacial score (nSPS) is 14.2. The van der Waals surface area contributed by atoms with Crippen LogP contribution in [-0.4, -0.2) is 36.1 Å². The molecule has 2 heterocycles. The molecule has 110 valence electrons. The van der Waals surface area contributed by atoms with Crippen LogP contribution >= 0.6 is 0 Å². The number of hydrogen-bond acceptors (Lipinski definition) is 3. The molecule has 2 aromatic carbocycles. The van der Waals surface area contributed by atoms with Crippen LogP contribution in [-0.2, 0) is 0 Å². The topological polar surface area (TPSA) is 25.1 Å². The highest BCUT2D eigenvalue weighted by atomic mass is 16.5. The van der Waals surface area contributed by atoms with Crippen LogP contribution in [0, 0.1) is 0 Å². The van der Waals surface area contributed by atoms with Crippen LogP contribution in [0.4, 0.5) is 0 Å². The molecule has 0 radical (unpaired) electrons. The van der Waals surface area contributed by atoms with Gasteiger partial charge in [0.1, 0.15) is 6.61 Å². The van der Waals surface area contributed by atoms with E-state index in [2.05, 4.69) is 41.3 Å². The smallest absolute Gasteiger partial charge is 0.214 e. The van der Waals surface area contributed by atoms with E-state index in [1.165, 1.54) is 13.1 Å². The largest absolute Gasteiger partial charge is 0.476 e. The van der Waals surface area contributed by atoms with E-state index >= 15 is 0 Å². The highest BCUT2D eigenvalue weighted by Crippen LogP contribution is 2.29. The first-order chi connectivity index (χ1) is 10.9. The molecule has 1 aliphatic heterocycles. The third-order valence-electron chi connectivity index (χ3n) is 3.96. The van der Waals surface area contributed by atoms with Crippen molar-refractivity contribution >= 4 is 10.8 Å². The lowest BCUT2D eigenvalue weighted by Crippen LogP contribution is -2.11. The van der Waals surface area contributed by atoms with Gasteiger partial charge in [-0.2, -0.15) is 0 Å². The number of benzene rings is 2. The van der Waals surface area contributed by atoms with Gasteiger partial charge < -0.3 is 4.74 Å². The second kappa shape index (κ2) is 5.78. The van der Waals surface area contributed by atoms with E-state index in [0.29, 0.717) is 12.5 Å². The molecule has 0 aliphatic carbocycles. The molecule has 0 N–H and O–H groups in total. The quantitative estimate of drug-likeness (QED) is 0.671. The van der Waals surface area contributed by atoms with Gasteiger partial charge in [-0.05, 0) is 5.39 Å². The Kier molecular flexibility index (Phi) is 3.49. The maximum atomic E-state index is 5.87. The second-order valence-electron chi connectivity index (χ2n) is 5.59.